The van der Waals surface area contributed by atoms with E-state index in [1.165, 1.54) is 4.90 Å². The molecule has 30 heavy (non-hydrogen) atoms. The van der Waals surface area contributed by atoms with E-state index in [1.54, 1.807) is 31.3 Å². The summed E-state index contributed by atoms with van der Waals surface area (Å²) >= 11 is 0. The summed E-state index contributed by atoms with van der Waals surface area (Å²) in [5.41, 5.74) is 1.01. The zero-order valence-corrected chi connectivity index (χ0v) is 17.7. The van der Waals surface area contributed by atoms with Gasteiger partial charge in [-0.1, -0.05) is 12.1 Å². The number of carbonyl (C=O) groups is 2. The SMILES string of the molecule is CN=C(NCCCCN1C(=O)c2ccccc2C1=O)NCCCOCC1CCCO1. The summed E-state index contributed by atoms with van der Waals surface area (Å²) in [5, 5.41) is 6.52. The second-order valence-corrected chi connectivity index (χ2v) is 7.50. The molecule has 8 nitrogen and oxygen atoms in total. The molecule has 0 spiro atoms. The summed E-state index contributed by atoms with van der Waals surface area (Å²) < 4.78 is 11.2. The highest BCUT2D eigenvalue weighted by Gasteiger charge is 2.34. The summed E-state index contributed by atoms with van der Waals surface area (Å²) in [7, 11) is 1.74. The third-order valence-corrected chi connectivity index (χ3v) is 5.29. The minimum Gasteiger partial charge on any atom is -0.379 e. The van der Waals surface area contributed by atoms with Gasteiger partial charge < -0.3 is 20.1 Å². The molecule has 0 aromatic heterocycles. The molecule has 2 N–H and O–H groups in total. The van der Waals surface area contributed by atoms with Crippen molar-refractivity contribution < 1.29 is 19.1 Å². The average molecular weight is 417 g/mol. The third kappa shape index (κ3) is 6.03. The van der Waals surface area contributed by atoms with Crippen LogP contribution in [0.25, 0.3) is 0 Å². The van der Waals surface area contributed by atoms with Gasteiger partial charge in [0.05, 0.1) is 23.8 Å². The molecule has 1 saturated heterocycles. The molecule has 0 bridgehead atoms. The van der Waals surface area contributed by atoms with Crippen LogP contribution in [0, 0.1) is 0 Å². The molecule has 3 rings (SSSR count). The van der Waals surface area contributed by atoms with Gasteiger partial charge in [-0.3, -0.25) is 19.5 Å². The van der Waals surface area contributed by atoms with Gasteiger partial charge in [-0.15, -0.1) is 0 Å². The van der Waals surface area contributed by atoms with E-state index < -0.39 is 0 Å². The van der Waals surface area contributed by atoms with E-state index in [0.717, 1.165) is 57.8 Å². The highest BCUT2D eigenvalue weighted by molar-refractivity contribution is 6.21. The van der Waals surface area contributed by atoms with Crippen molar-refractivity contribution in [1.82, 2.24) is 15.5 Å². The van der Waals surface area contributed by atoms with Crippen molar-refractivity contribution in [3.63, 3.8) is 0 Å². The van der Waals surface area contributed by atoms with Crippen molar-refractivity contribution in [3.8, 4) is 0 Å². The second kappa shape index (κ2) is 11.7. The normalized spacial score (nSPS) is 18.8. The summed E-state index contributed by atoms with van der Waals surface area (Å²) in [5.74, 6) is 0.361. The first-order valence-electron chi connectivity index (χ1n) is 10.8. The van der Waals surface area contributed by atoms with E-state index in [-0.39, 0.29) is 17.9 Å². The number of rotatable bonds is 11. The molecule has 2 aliphatic rings. The number of nitrogens with one attached hydrogen (secondary N) is 2. The Morgan fingerprint density at radius 3 is 2.47 bits per heavy atom. The Hall–Kier alpha value is -2.45. The van der Waals surface area contributed by atoms with Gasteiger partial charge in [0.2, 0.25) is 0 Å². The zero-order chi connectivity index (χ0) is 21.2. The first-order valence-corrected chi connectivity index (χ1v) is 10.8. The first-order chi connectivity index (χ1) is 14.7. The van der Waals surface area contributed by atoms with Crippen LogP contribution in [0.5, 0.6) is 0 Å². The number of hydrogen-bond donors (Lipinski definition) is 2. The van der Waals surface area contributed by atoms with Crippen molar-refractivity contribution in [2.75, 3.05) is 46.5 Å². The highest BCUT2D eigenvalue weighted by Crippen LogP contribution is 2.22. The van der Waals surface area contributed by atoms with Crippen molar-refractivity contribution in [1.29, 1.82) is 0 Å². The molecule has 2 heterocycles. The number of carbonyl (C=O) groups excluding carboxylic acids is 2. The molecular formula is C22H32N4O4. The van der Waals surface area contributed by atoms with Crippen LogP contribution < -0.4 is 10.6 Å². The van der Waals surface area contributed by atoms with Gasteiger partial charge in [0.1, 0.15) is 0 Å². The molecule has 1 fully saturated rings. The number of guanidine groups is 1. The number of amides is 2. The number of unbranched alkanes of at least 4 members (excludes halogenated alkanes) is 1. The largest absolute Gasteiger partial charge is 0.379 e. The fourth-order valence-electron chi connectivity index (χ4n) is 3.64. The molecule has 2 amide bonds. The number of hydrogen-bond acceptors (Lipinski definition) is 5. The highest BCUT2D eigenvalue weighted by atomic mass is 16.5. The van der Waals surface area contributed by atoms with E-state index in [9.17, 15) is 9.59 Å². The van der Waals surface area contributed by atoms with E-state index in [0.29, 0.717) is 30.9 Å². The monoisotopic (exact) mass is 416 g/mol. The lowest BCUT2D eigenvalue weighted by molar-refractivity contribution is 0.0168. The number of nitrogens with zero attached hydrogens (tertiary/aromatic N) is 2. The molecular weight excluding hydrogens is 384 g/mol. The van der Waals surface area contributed by atoms with E-state index in [4.69, 9.17) is 9.47 Å². The van der Waals surface area contributed by atoms with E-state index in [1.807, 2.05) is 0 Å². The molecule has 1 aromatic carbocycles. The van der Waals surface area contributed by atoms with Gasteiger partial charge in [-0.25, -0.2) is 0 Å². The Balaban J connectivity index is 1.23. The number of imide groups is 1. The summed E-state index contributed by atoms with van der Waals surface area (Å²) in [6, 6.07) is 6.99. The molecule has 8 heteroatoms. The van der Waals surface area contributed by atoms with E-state index >= 15 is 0 Å². The van der Waals surface area contributed by atoms with Crippen molar-refractivity contribution in [2.24, 2.45) is 4.99 Å². The van der Waals surface area contributed by atoms with Crippen LogP contribution >= 0.6 is 0 Å². The molecule has 164 valence electrons. The smallest absolute Gasteiger partial charge is 0.261 e. The van der Waals surface area contributed by atoms with Gasteiger partial charge >= 0.3 is 0 Å². The lowest BCUT2D eigenvalue weighted by Gasteiger charge is -2.15. The molecule has 0 radical (unpaired) electrons. The minimum atomic E-state index is -0.192. The van der Waals surface area contributed by atoms with Crippen LogP contribution in [0.2, 0.25) is 0 Å². The standard InChI is InChI=1S/C22H32N4O4/c1-23-22(25-12-7-14-29-16-17-8-6-15-30-17)24-11-4-5-13-26-20(27)18-9-2-3-10-19(18)21(26)28/h2-3,9-10,17H,4-8,11-16H2,1H3,(H2,23,24,25). The summed E-state index contributed by atoms with van der Waals surface area (Å²) in [6.07, 6.45) is 4.98. The molecule has 0 saturated carbocycles. The predicted octanol–water partition coefficient (Wildman–Crippen LogP) is 1.81. The molecule has 1 atom stereocenters. The average Bonchev–Trinajstić information content (AvgIpc) is 3.37. The van der Waals surface area contributed by atoms with Gasteiger partial charge in [0.25, 0.3) is 11.8 Å². The fourth-order valence-corrected chi connectivity index (χ4v) is 3.64. The summed E-state index contributed by atoms with van der Waals surface area (Å²) in [4.78, 5) is 30.2. The molecule has 1 aromatic rings. The zero-order valence-electron chi connectivity index (χ0n) is 17.7. The molecule has 1 unspecified atom stereocenters. The maximum atomic E-state index is 12.3. The van der Waals surface area contributed by atoms with Gasteiger partial charge in [-0.2, -0.15) is 0 Å². The number of benzene rings is 1. The fraction of sp³-hybridized carbons (Fsp3) is 0.591. The van der Waals surface area contributed by atoms with Gasteiger partial charge in [-0.05, 0) is 44.2 Å². The Morgan fingerprint density at radius 2 is 1.83 bits per heavy atom. The third-order valence-electron chi connectivity index (χ3n) is 5.29. The number of ether oxygens (including phenoxy) is 2. The second-order valence-electron chi connectivity index (χ2n) is 7.50. The first kappa shape index (κ1) is 22.2. The Labute approximate surface area is 178 Å². The predicted molar refractivity (Wildman–Crippen MR) is 115 cm³/mol. The van der Waals surface area contributed by atoms with E-state index in [2.05, 4.69) is 15.6 Å². The van der Waals surface area contributed by atoms with Crippen LogP contribution in [0.4, 0.5) is 0 Å². The van der Waals surface area contributed by atoms with Crippen LogP contribution in [-0.2, 0) is 9.47 Å². The van der Waals surface area contributed by atoms with Crippen LogP contribution in [-0.4, -0.2) is 75.3 Å². The number of aliphatic imine (C=N–C) groups is 1. The van der Waals surface area contributed by atoms with Crippen LogP contribution in [0.1, 0.15) is 52.8 Å². The Morgan fingerprint density at radius 1 is 1.13 bits per heavy atom. The minimum absolute atomic E-state index is 0.192. The maximum Gasteiger partial charge on any atom is 0.261 e. The summed E-state index contributed by atoms with van der Waals surface area (Å²) in [6.45, 7) is 4.17. The number of fused-ring (bicyclic) bond motifs is 1. The lowest BCUT2D eigenvalue weighted by Crippen LogP contribution is -2.38. The quantitative estimate of drug-likeness (QED) is 0.247. The molecule has 2 aliphatic heterocycles. The van der Waals surface area contributed by atoms with Crippen molar-refractivity contribution in [3.05, 3.63) is 35.4 Å². The van der Waals surface area contributed by atoms with Crippen molar-refractivity contribution in [2.45, 2.75) is 38.2 Å². The van der Waals surface area contributed by atoms with Gasteiger partial charge in [0, 0.05) is 39.9 Å². The maximum absolute atomic E-state index is 12.3. The van der Waals surface area contributed by atoms with Gasteiger partial charge in [0.15, 0.2) is 5.96 Å². The van der Waals surface area contributed by atoms with Crippen molar-refractivity contribution >= 4 is 17.8 Å². The topological polar surface area (TPSA) is 92.3 Å². The lowest BCUT2D eigenvalue weighted by atomic mass is 10.1. The van der Waals surface area contributed by atoms with Crippen LogP contribution in [0.15, 0.2) is 29.3 Å². The Kier molecular flexibility index (Phi) is 8.65. The molecule has 0 aliphatic carbocycles. The Bertz CT molecular complexity index is 711. The van der Waals surface area contributed by atoms with Crippen LogP contribution in [0.3, 0.4) is 0 Å².